The number of anilines is 1. The van der Waals surface area contributed by atoms with Crippen molar-refractivity contribution in [2.75, 3.05) is 11.9 Å². The van der Waals surface area contributed by atoms with E-state index in [1.165, 1.54) is 19.0 Å². The second kappa shape index (κ2) is 3.29. The lowest BCUT2D eigenvalue weighted by Gasteiger charge is -2.17. The first-order chi connectivity index (χ1) is 6.68. The van der Waals surface area contributed by atoms with Crippen molar-refractivity contribution in [3.8, 4) is 0 Å². The second-order valence-electron chi connectivity index (χ2n) is 3.58. The van der Waals surface area contributed by atoms with E-state index in [9.17, 15) is 4.79 Å². The van der Waals surface area contributed by atoms with Crippen LogP contribution in [0.1, 0.15) is 23.2 Å². The van der Waals surface area contributed by atoms with Gasteiger partial charge >= 0.3 is 5.97 Å². The molecule has 0 saturated heterocycles. The zero-order valence-corrected chi connectivity index (χ0v) is 7.97. The summed E-state index contributed by atoms with van der Waals surface area (Å²) >= 11 is 0. The van der Waals surface area contributed by atoms with Crippen molar-refractivity contribution in [1.29, 1.82) is 0 Å². The van der Waals surface area contributed by atoms with Gasteiger partial charge in [-0.05, 0) is 18.9 Å². The summed E-state index contributed by atoms with van der Waals surface area (Å²) in [7, 11) is 1.97. The molecule has 2 rings (SSSR count). The Labute approximate surface area is 82.2 Å². The smallest absolute Gasteiger partial charge is 0.337 e. The van der Waals surface area contributed by atoms with Crippen molar-refractivity contribution in [1.82, 2.24) is 4.98 Å². The molecule has 0 radical (unpaired) electrons. The van der Waals surface area contributed by atoms with Gasteiger partial charge in [-0.15, -0.1) is 0 Å². The molecule has 4 nitrogen and oxygen atoms in total. The standard InChI is InChI=1S/C10H12N2O2/c1-12(8-2-3-8)9-4-7(10(13)14)5-11-6-9/h4-6,8H,2-3H2,1H3,(H,13,14). The minimum absolute atomic E-state index is 0.245. The predicted molar refractivity (Wildman–Crippen MR) is 52.6 cm³/mol. The van der Waals surface area contributed by atoms with E-state index in [1.807, 2.05) is 7.05 Å². The molecule has 1 fully saturated rings. The summed E-state index contributed by atoms with van der Waals surface area (Å²) in [5.41, 5.74) is 1.13. The third-order valence-corrected chi connectivity index (χ3v) is 2.47. The van der Waals surface area contributed by atoms with Crippen LogP contribution in [0.3, 0.4) is 0 Å². The summed E-state index contributed by atoms with van der Waals surface area (Å²) in [6.07, 6.45) is 5.44. The Hall–Kier alpha value is -1.58. The molecule has 1 aromatic rings. The monoisotopic (exact) mass is 192 g/mol. The molecule has 1 aliphatic rings. The fraction of sp³-hybridized carbons (Fsp3) is 0.400. The van der Waals surface area contributed by atoms with Gasteiger partial charge in [0.2, 0.25) is 0 Å². The number of aromatic carboxylic acids is 1. The van der Waals surface area contributed by atoms with Gasteiger partial charge in [-0.2, -0.15) is 0 Å². The molecule has 0 atom stereocenters. The number of rotatable bonds is 3. The van der Waals surface area contributed by atoms with Gasteiger partial charge in [-0.3, -0.25) is 4.98 Å². The molecular weight excluding hydrogens is 180 g/mol. The summed E-state index contributed by atoms with van der Waals surface area (Å²) in [5.74, 6) is -0.927. The summed E-state index contributed by atoms with van der Waals surface area (Å²) in [6, 6.07) is 2.23. The number of hydrogen-bond donors (Lipinski definition) is 1. The highest BCUT2D eigenvalue weighted by atomic mass is 16.4. The molecule has 0 bridgehead atoms. The van der Waals surface area contributed by atoms with Crippen LogP contribution in [-0.2, 0) is 0 Å². The Balaban J connectivity index is 2.24. The highest BCUT2D eigenvalue weighted by molar-refractivity contribution is 5.88. The Morgan fingerprint density at radius 1 is 1.57 bits per heavy atom. The number of hydrogen-bond acceptors (Lipinski definition) is 3. The van der Waals surface area contributed by atoms with E-state index in [-0.39, 0.29) is 5.56 Å². The number of aromatic nitrogens is 1. The number of carbonyl (C=O) groups is 1. The van der Waals surface area contributed by atoms with E-state index >= 15 is 0 Å². The van der Waals surface area contributed by atoms with E-state index in [2.05, 4.69) is 9.88 Å². The lowest BCUT2D eigenvalue weighted by atomic mass is 10.2. The van der Waals surface area contributed by atoms with Crippen LogP contribution in [0.4, 0.5) is 5.69 Å². The van der Waals surface area contributed by atoms with Gasteiger partial charge in [0.15, 0.2) is 0 Å². The van der Waals surface area contributed by atoms with Gasteiger partial charge in [0.05, 0.1) is 17.4 Å². The molecule has 0 amide bonds. The van der Waals surface area contributed by atoms with Crippen molar-refractivity contribution >= 4 is 11.7 Å². The number of carboxylic acids is 1. The number of carboxylic acid groups (broad SMARTS) is 1. The van der Waals surface area contributed by atoms with E-state index in [0.29, 0.717) is 6.04 Å². The molecule has 1 aliphatic carbocycles. The predicted octanol–water partition coefficient (Wildman–Crippen LogP) is 1.38. The van der Waals surface area contributed by atoms with Crippen molar-refractivity contribution < 1.29 is 9.90 Å². The SMILES string of the molecule is CN(c1cncc(C(=O)O)c1)C1CC1. The van der Waals surface area contributed by atoms with Crippen molar-refractivity contribution in [3.05, 3.63) is 24.0 Å². The third kappa shape index (κ3) is 1.69. The van der Waals surface area contributed by atoms with Gasteiger partial charge in [0, 0.05) is 19.3 Å². The van der Waals surface area contributed by atoms with Crippen LogP contribution in [0.2, 0.25) is 0 Å². The van der Waals surface area contributed by atoms with Crippen molar-refractivity contribution in [2.45, 2.75) is 18.9 Å². The summed E-state index contributed by atoms with van der Waals surface area (Å²) in [4.78, 5) is 16.7. The third-order valence-electron chi connectivity index (χ3n) is 2.47. The van der Waals surface area contributed by atoms with Crippen LogP contribution in [0, 0.1) is 0 Å². The topological polar surface area (TPSA) is 53.4 Å². The van der Waals surface area contributed by atoms with Crippen LogP contribution in [-0.4, -0.2) is 29.1 Å². The van der Waals surface area contributed by atoms with Gasteiger partial charge in [-0.1, -0.05) is 0 Å². The van der Waals surface area contributed by atoms with Gasteiger partial charge in [-0.25, -0.2) is 4.79 Å². The fourth-order valence-electron chi connectivity index (χ4n) is 1.41. The average Bonchev–Trinajstić information content (AvgIpc) is 3.00. The van der Waals surface area contributed by atoms with E-state index in [0.717, 1.165) is 5.69 Å². The highest BCUT2D eigenvalue weighted by Crippen LogP contribution is 2.29. The van der Waals surface area contributed by atoms with Gasteiger partial charge in [0.25, 0.3) is 0 Å². The molecule has 0 aromatic carbocycles. The normalized spacial score (nSPS) is 15.2. The Morgan fingerprint density at radius 3 is 2.86 bits per heavy atom. The molecule has 4 heteroatoms. The molecule has 1 saturated carbocycles. The molecule has 1 aromatic heterocycles. The maximum atomic E-state index is 10.7. The van der Waals surface area contributed by atoms with Gasteiger partial charge < -0.3 is 10.0 Å². The zero-order valence-electron chi connectivity index (χ0n) is 7.97. The summed E-state index contributed by atoms with van der Waals surface area (Å²) in [6.45, 7) is 0. The molecular formula is C10H12N2O2. The molecule has 14 heavy (non-hydrogen) atoms. The lowest BCUT2D eigenvalue weighted by Crippen LogP contribution is -2.19. The number of nitrogens with zero attached hydrogens (tertiary/aromatic N) is 2. The summed E-state index contributed by atoms with van der Waals surface area (Å²) in [5, 5.41) is 8.79. The lowest BCUT2D eigenvalue weighted by molar-refractivity contribution is 0.0696. The van der Waals surface area contributed by atoms with E-state index < -0.39 is 5.97 Å². The quantitative estimate of drug-likeness (QED) is 0.786. The van der Waals surface area contributed by atoms with Crippen molar-refractivity contribution in [3.63, 3.8) is 0 Å². The van der Waals surface area contributed by atoms with Gasteiger partial charge in [0.1, 0.15) is 0 Å². The molecule has 74 valence electrons. The Bertz CT molecular complexity index is 361. The minimum atomic E-state index is -0.927. The molecule has 0 aliphatic heterocycles. The maximum absolute atomic E-state index is 10.7. The highest BCUT2D eigenvalue weighted by Gasteiger charge is 2.26. The Kier molecular flexibility index (Phi) is 2.11. The van der Waals surface area contributed by atoms with Crippen LogP contribution in [0.15, 0.2) is 18.5 Å². The second-order valence-corrected chi connectivity index (χ2v) is 3.58. The zero-order chi connectivity index (χ0) is 10.1. The first-order valence-electron chi connectivity index (χ1n) is 4.59. The molecule has 1 N–H and O–H groups in total. The number of pyridine rings is 1. The molecule has 1 heterocycles. The average molecular weight is 192 g/mol. The minimum Gasteiger partial charge on any atom is -0.478 e. The van der Waals surface area contributed by atoms with E-state index in [4.69, 9.17) is 5.11 Å². The molecule has 0 unspecified atom stereocenters. The first kappa shape index (κ1) is 8.99. The van der Waals surface area contributed by atoms with Crippen molar-refractivity contribution in [2.24, 2.45) is 0 Å². The molecule has 0 spiro atoms. The largest absolute Gasteiger partial charge is 0.478 e. The van der Waals surface area contributed by atoms with Crippen LogP contribution < -0.4 is 4.90 Å². The Morgan fingerprint density at radius 2 is 2.29 bits per heavy atom. The first-order valence-corrected chi connectivity index (χ1v) is 4.59. The van der Waals surface area contributed by atoms with E-state index in [1.54, 1.807) is 12.3 Å². The maximum Gasteiger partial charge on any atom is 0.337 e. The summed E-state index contributed by atoms with van der Waals surface area (Å²) < 4.78 is 0. The fourth-order valence-corrected chi connectivity index (χ4v) is 1.41. The van der Waals surface area contributed by atoms with Crippen LogP contribution >= 0.6 is 0 Å². The van der Waals surface area contributed by atoms with Crippen LogP contribution in [0.25, 0.3) is 0 Å². The van der Waals surface area contributed by atoms with Crippen LogP contribution in [0.5, 0.6) is 0 Å².